The summed E-state index contributed by atoms with van der Waals surface area (Å²) in [5, 5.41) is 10.7. The maximum atomic E-state index is 10.7. The minimum atomic E-state index is -0.338. The fraction of sp³-hybridized carbons (Fsp3) is 0.750. The Morgan fingerprint density at radius 1 is 0.893 bits per heavy atom. The Morgan fingerprint density at radius 2 is 1.46 bits per heavy atom. The second-order valence-electron chi connectivity index (χ2n) is 9.91. The van der Waals surface area contributed by atoms with Gasteiger partial charge in [0.15, 0.2) is 0 Å². The Morgan fingerprint density at radius 3 is 2.07 bits per heavy atom. The highest BCUT2D eigenvalue weighted by molar-refractivity contribution is 5.32. The van der Waals surface area contributed by atoms with Crippen LogP contribution in [0.3, 0.4) is 0 Å². The molecule has 1 aromatic rings. The number of hydrogen-bond acceptors (Lipinski definition) is 3. The average Bonchev–Trinajstić information content (AvgIpc) is 2.66. The van der Waals surface area contributed by atoms with Crippen LogP contribution in [0.1, 0.15) is 76.2 Å². The van der Waals surface area contributed by atoms with Crippen LogP contribution in [0.15, 0.2) is 24.3 Å². The molecule has 0 radical (unpaired) electrons. The zero-order valence-electron chi connectivity index (χ0n) is 17.1. The van der Waals surface area contributed by atoms with E-state index in [-0.39, 0.29) is 10.6 Å². The van der Waals surface area contributed by atoms with Gasteiger partial charge in [0, 0.05) is 18.7 Å². The topological polar surface area (TPSA) is 52.4 Å². The van der Waals surface area contributed by atoms with Crippen molar-refractivity contribution in [2.24, 2.45) is 23.2 Å². The van der Waals surface area contributed by atoms with Crippen molar-refractivity contribution in [2.45, 2.75) is 77.0 Å². The highest BCUT2D eigenvalue weighted by atomic mass is 16.6. The van der Waals surface area contributed by atoms with Crippen molar-refractivity contribution in [1.82, 2.24) is 0 Å². The predicted molar refractivity (Wildman–Crippen MR) is 111 cm³/mol. The molecule has 4 fully saturated rings. The molecule has 0 spiro atoms. The first-order valence-corrected chi connectivity index (χ1v) is 11.4. The largest absolute Gasteiger partial charge is 0.381 e. The van der Waals surface area contributed by atoms with E-state index < -0.39 is 0 Å². The number of nitro benzene ring substituents is 1. The van der Waals surface area contributed by atoms with Crippen LogP contribution in [0.2, 0.25) is 0 Å². The van der Waals surface area contributed by atoms with Crippen LogP contribution in [0, 0.1) is 33.3 Å². The van der Waals surface area contributed by atoms with Gasteiger partial charge >= 0.3 is 0 Å². The Bertz CT molecular complexity index is 619. The molecule has 4 heteroatoms. The fourth-order valence-electron chi connectivity index (χ4n) is 6.60. The van der Waals surface area contributed by atoms with Crippen LogP contribution < -0.4 is 0 Å². The number of hydrogen-bond donors (Lipinski definition) is 0. The number of nitrogens with zero attached hydrogens (tertiary/aromatic N) is 1. The summed E-state index contributed by atoms with van der Waals surface area (Å²) < 4.78 is 6.17. The maximum Gasteiger partial charge on any atom is 0.269 e. The van der Waals surface area contributed by atoms with Gasteiger partial charge in [0.25, 0.3) is 5.69 Å². The lowest BCUT2D eigenvalue weighted by molar-refractivity contribution is -0.384. The van der Waals surface area contributed by atoms with E-state index in [4.69, 9.17) is 4.74 Å². The third kappa shape index (κ3) is 4.94. The molecule has 28 heavy (non-hydrogen) atoms. The van der Waals surface area contributed by atoms with Gasteiger partial charge in [-0.25, -0.2) is 0 Å². The van der Waals surface area contributed by atoms with Gasteiger partial charge in [-0.15, -0.1) is 0 Å². The number of ether oxygens (including phenoxy) is 1. The maximum absolute atomic E-state index is 10.7. The molecule has 0 aromatic heterocycles. The number of non-ortho nitro benzene ring substituents is 1. The van der Waals surface area contributed by atoms with Gasteiger partial charge in [-0.3, -0.25) is 10.1 Å². The smallest absolute Gasteiger partial charge is 0.269 e. The molecule has 0 N–H and O–H groups in total. The van der Waals surface area contributed by atoms with E-state index in [0.29, 0.717) is 5.41 Å². The van der Waals surface area contributed by atoms with Crippen LogP contribution in [-0.4, -0.2) is 18.1 Å². The quantitative estimate of drug-likeness (QED) is 0.254. The van der Waals surface area contributed by atoms with E-state index in [9.17, 15) is 10.1 Å². The summed E-state index contributed by atoms with van der Waals surface area (Å²) in [6.45, 7) is 1.96. The van der Waals surface area contributed by atoms with Gasteiger partial charge < -0.3 is 4.74 Å². The van der Waals surface area contributed by atoms with Crippen LogP contribution >= 0.6 is 0 Å². The third-order valence-electron chi connectivity index (χ3n) is 7.47. The first kappa shape index (κ1) is 19.9. The van der Waals surface area contributed by atoms with E-state index >= 15 is 0 Å². The van der Waals surface area contributed by atoms with Gasteiger partial charge in [-0.2, -0.15) is 0 Å². The zero-order chi connectivity index (χ0) is 19.4. The van der Waals surface area contributed by atoms with Gasteiger partial charge in [-0.1, -0.05) is 31.4 Å². The molecule has 0 unspecified atom stereocenters. The molecule has 4 nitrogen and oxygen atoms in total. The molecule has 4 aliphatic carbocycles. The first-order chi connectivity index (χ1) is 13.6. The number of nitro groups is 1. The standard InChI is InChI=1S/C24H35NO3/c26-25(27)23-9-7-19(8-10-23)6-4-2-1-3-5-11-28-18-24-15-20-12-21(16-24)14-22(13-20)17-24/h7-10,20-22H,1-6,11-18H2. The highest BCUT2D eigenvalue weighted by Crippen LogP contribution is 2.60. The van der Waals surface area contributed by atoms with E-state index in [2.05, 4.69) is 0 Å². The summed E-state index contributed by atoms with van der Waals surface area (Å²) >= 11 is 0. The summed E-state index contributed by atoms with van der Waals surface area (Å²) in [5.74, 6) is 3.06. The summed E-state index contributed by atoms with van der Waals surface area (Å²) in [5.41, 5.74) is 1.93. The van der Waals surface area contributed by atoms with Crippen molar-refractivity contribution in [3.05, 3.63) is 39.9 Å². The summed E-state index contributed by atoms with van der Waals surface area (Å²) in [7, 11) is 0. The van der Waals surface area contributed by atoms with E-state index in [0.717, 1.165) is 43.8 Å². The van der Waals surface area contributed by atoms with Crippen molar-refractivity contribution in [3.63, 3.8) is 0 Å². The molecule has 0 saturated heterocycles. The van der Waals surface area contributed by atoms with Crippen LogP contribution in [0.25, 0.3) is 0 Å². The second-order valence-corrected chi connectivity index (χ2v) is 9.91. The molecule has 4 saturated carbocycles. The zero-order valence-corrected chi connectivity index (χ0v) is 17.1. The van der Waals surface area contributed by atoms with Crippen molar-refractivity contribution < 1.29 is 9.66 Å². The number of unbranched alkanes of at least 4 members (excludes halogenated alkanes) is 4. The normalized spacial score (nSPS) is 30.6. The Kier molecular flexibility index (Phi) is 6.35. The number of benzene rings is 1. The molecule has 0 amide bonds. The van der Waals surface area contributed by atoms with Gasteiger partial charge in [0.1, 0.15) is 0 Å². The molecule has 5 rings (SSSR count). The fourth-order valence-corrected chi connectivity index (χ4v) is 6.60. The molecule has 0 heterocycles. The highest BCUT2D eigenvalue weighted by Gasteiger charge is 2.50. The van der Waals surface area contributed by atoms with Crippen LogP contribution in [-0.2, 0) is 11.2 Å². The molecular weight excluding hydrogens is 350 g/mol. The van der Waals surface area contributed by atoms with Crippen molar-refractivity contribution in [2.75, 3.05) is 13.2 Å². The van der Waals surface area contributed by atoms with E-state index in [1.165, 1.54) is 69.8 Å². The van der Waals surface area contributed by atoms with Gasteiger partial charge in [0.05, 0.1) is 11.5 Å². The Balaban J connectivity index is 1.03. The van der Waals surface area contributed by atoms with Crippen molar-refractivity contribution in [1.29, 1.82) is 0 Å². The summed E-state index contributed by atoms with van der Waals surface area (Å²) in [6, 6.07) is 6.99. The van der Waals surface area contributed by atoms with Gasteiger partial charge in [0.2, 0.25) is 0 Å². The molecule has 4 aliphatic rings. The minimum Gasteiger partial charge on any atom is -0.381 e. The molecule has 1 aromatic carbocycles. The Hall–Kier alpha value is -1.42. The average molecular weight is 386 g/mol. The lowest BCUT2D eigenvalue weighted by Gasteiger charge is -2.56. The van der Waals surface area contributed by atoms with E-state index in [1.54, 1.807) is 12.1 Å². The monoisotopic (exact) mass is 385 g/mol. The van der Waals surface area contributed by atoms with E-state index in [1.807, 2.05) is 12.1 Å². The second kappa shape index (κ2) is 8.94. The predicted octanol–water partition coefficient (Wildman–Crippen LogP) is 6.32. The lowest BCUT2D eigenvalue weighted by atomic mass is 9.50. The SMILES string of the molecule is O=[N+]([O-])c1ccc(CCCCCCCOCC23CC4CC(CC(C4)C2)C3)cc1. The lowest BCUT2D eigenvalue weighted by Crippen LogP contribution is -2.48. The first-order valence-electron chi connectivity index (χ1n) is 11.4. The number of aryl methyl sites for hydroxylation is 1. The van der Waals surface area contributed by atoms with Crippen LogP contribution in [0.5, 0.6) is 0 Å². The summed E-state index contributed by atoms with van der Waals surface area (Å²) in [6.07, 6.45) is 16.0. The molecular formula is C24H35NO3. The molecule has 0 aliphatic heterocycles. The Labute approximate surface area is 169 Å². The van der Waals surface area contributed by atoms with Crippen molar-refractivity contribution >= 4 is 5.69 Å². The molecule has 154 valence electrons. The van der Waals surface area contributed by atoms with Crippen molar-refractivity contribution in [3.8, 4) is 0 Å². The van der Waals surface area contributed by atoms with Gasteiger partial charge in [-0.05, 0) is 86.5 Å². The molecule has 4 bridgehead atoms. The van der Waals surface area contributed by atoms with Crippen LogP contribution in [0.4, 0.5) is 5.69 Å². The molecule has 0 atom stereocenters. The third-order valence-corrected chi connectivity index (χ3v) is 7.47. The summed E-state index contributed by atoms with van der Waals surface area (Å²) in [4.78, 5) is 10.3. The minimum absolute atomic E-state index is 0.178. The number of rotatable bonds is 11.